The third-order valence-electron chi connectivity index (χ3n) is 1.86. The predicted octanol–water partition coefficient (Wildman–Crippen LogP) is 0.964. The summed E-state index contributed by atoms with van der Waals surface area (Å²) in [5, 5.41) is 6.32. The average molecular weight is 222 g/mol. The topological polar surface area (TPSA) is 64.4 Å². The van der Waals surface area contributed by atoms with Crippen molar-refractivity contribution in [3.8, 4) is 12.3 Å². The molecule has 0 fully saturated rings. The number of hydrogen-bond acceptors (Lipinski definition) is 4. The molecule has 5 nitrogen and oxygen atoms in total. The summed E-state index contributed by atoms with van der Waals surface area (Å²) in [6, 6.07) is 1.56. The maximum Gasteiger partial charge on any atom is 0.273 e. The van der Waals surface area contributed by atoms with Crippen LogP contribution >= 0.6 is 0 Å². The SMILES string of the molecule is C#CCCCNC(=O)c1cc(COC)on1. The van der Waals surface area contributed by atoms with Crippen LogP contribution in [0.15, 0.2) is 10.6 Å². The Morgan fingerprint density at radius 1 is 1.75 bits per heavy atom. The van der Waals surface area contributed by atoms with Crippen molar-refractivity contribution in [1.82, 2.24) is 10.5 Å². The van der Waals surface area contributed by atoms with Gasteiger partial charge >= 0.3 is 0 Å². The molecule has 0 bridgehead atoms. The summed E-state index contributed by atoms with van der Waals surface area (Å²) >= 11 is 0. The Hall–Kier alpha value is -1.80. The van der Waals surface area contributed by atoms with E-state index in [1.165, 1.54) is 0 Å². The first-order chi connectivity index (χ1) is 7.77. The number of carbonyl (C=O) groups excluding carboxylic acids is 1. The van der Waals surface area contributed by atoms with Gasteiger partial charge in [0.15, 0.2) is 11.5 Å². The van der Waals surface area contributed by atoms with Crippen LogP contribution in [0.25, 0.3) is 0 Å². The van der Waals surface area contributed by atoms with Crippen LogP contribution in [0, 0.1) is 12.3 Å². The van der Waals surface area contributed by atoms with Crippen LogP contribution in [-0.2, 0) is 11.3 Å². The fourth-order valence-corrected chi connectivity index (χ4v) is 1.11. The van der Waals surface area contributed by atoms with E-state index in [9.17, 15) is 4.79 Å². The van der Waals surface area contributed by atoms with Crippen LogP contribution in [0.3, 0.4) is 0 Å². The number of nitrogens with one attached hydrogen (secondary N) is 1. The Bertz CT molecular complexity index is 379. The molecule has 1 aromatic rings. The van der Waals surface area contributed by atoms with E-state index in [-0.39, 0.29) is 11.6 Å². The molecule has 86 valence electrons. The summed E-state index contributed by atoms with van der Waals surface area (Å²) in [6.45, 7) is 0.840. The molecule has 0 saturated carbocycles. The lowest BCUT2D eigenvalue weighted by atomic mass is 10.3. The molecule has 0 aliphatic rings. The lowest BCUT2D eigenvalue weighted by Crippen LogP contribution is -2.24. The fraction of sp³-hybridized carbons (Fsp3) is 0.455. The third-order valence-corrected chi connectivity index (χ3v) is 1.86. The number of terminal acetylenes is 1. The van der Waals surface area contributed by atoms with Crippen molar-refractivity contribution in [3.05, 3.63) is 17.5 Å². The van der Waals surface area contributed by atoms with Gasteiger partial charge in [-0.25, -0.2) is 0 Å². The zero-order chi connectivity index (χ0) is 11.8. The van der Waals surface area contributed by atoms with Crippen LogP contribution in [-0.4, -0.2) is 24.7 Å². The summed E-state index contributed by atoms with van der Waals surface area (Å²) in [5.74, 6) is 2.76. The zero-order valence-electron chi connectivity index (χ0n) is 9.16. The Morgan fingerprint density at radius 2 is 2.56 bits per heavy atom. The maximum atomic E-state index is 11.5. The molecule has 5 heteroatoms. The second-order valence-corrected chi connectivity index (χ2v) is 3.18. The molecule has 1 heterocycles. The van der Waals surface area contributed by atoms with Gasteiger partial charge in [-0.05, 0) is 6.42 Å². The van der Waals surface area contributed by atoms with Crippen molar-refractivity contribution in [1.29, 1.82) is 0 Å². The number of rotatable bonds is 6. The van der Waals surface area contributed by atoms with Gasteiger partial charge in [-0.2, -0.15) is 0 Å². The molecule has 0 aromatic carbocycles. The highest BCUT2D eigenvalue weighted by atomic mass is 16.5. The van der Waals surface area contributed by atoms with Crippen molar-refractivity contribution in [2.24, 2.45) is 0 Å². The van der Waals surface area contributed by atoms with Crippen molar-refractivity contribution in [2.45, 2.75) is 19.4 Å². The van der Waals surface area contributed by atoms with Crippen LogP contribution in [0.1, 0.15) is 29.1 Å². The van der Waals surface area contributed by atoms with E-state index in [1.807, 2.05) is 0 Å². The molecular formula is C11H14N2O3. The number of amides is 1. The highest BCUT2D eigenvalue weighted by molar-refractivity contribution is 5.92. The van der Waals surface area contributed by atoms with Crippen molar-refractivity contribution >= 4 is 5.91 Å². The van der Waals surface area contributed by atoms with Gasteiger partial charge in [0.05, 0.1) is 0 Å². The van der Waals surface area contributed by atoms with Gasteiger partial charge in [0.2, 0.25) is 0 Å². The Morgan fingerprint density at radius 3 is 3.25 bits per heavy atom. The van der Waals surface area contributed by atoms with Crippen molar-refractivity contribution < 1.29 is 14.1 Å². The normalized spacial score (nSPS) is 9.75. The number of carbonyl (C=O) groups is 1. The van der Waals surface area contributed by atoms with E-state index >= 15 is 0 Å². The number of nitrogens with zero attached hydrogens (tertiary/aromatic N) is 1. The lowest BCUT2D eigenvalue weighted by molar-refractivity contribution is 0.0943. The minimum absolute atomic E-state index is 0.257. The van der Waals surface area contributed by atoms with Crippen molar-refractivity contribution in [2.75, 3.05) is 13.7 Å². The first-order valence-corrected chi connectivity index (χ1v) is 4.94. The largest absolute Gasteiger partial charge is 0.377 e. The van der Waals surface area contributed by atoms with Gasteiger partial charge in [-0.3, -0.25) is 4.79 Å². The summed E-state index contributed by atoms with van der Waals surface area (Å²) in [7, 11) is 1.54. The molecule has 0 aliphatic heterocycles. The van der Waals surface area contributed by atoms with E-state index in [4.69, 9.17) is 15.7 Å². The second kappa shape index (κ2) is 6.64. The maximum absolute atomic E-state index is 11.5. The van der Waals surface area contributed by atoms with Gasteiger partial charge in [-0.15, -0.1) is 12.3 Å². The Labute approximate surface area is 94.1 Å². The summed E-state index contributed by atoms with van der Waals surface area (Å²) in [6.07, 6.45) is 6.49. The van der Waals surface area contributed by atoms with E-state index < -0.39 is 0 Å². The van der Waals surface area contributed by atoms with Crippen LogP contribution in [0.2, 0.25) is 0 Å². The Kier molecular flexibility index (Phi) is 5.09. The molecule has 1 rings (SSSR count). The number of methoxy groups -OCH3 is 1. The molecule has 0 spiro atoms. The quantitative estimate of drug-likeness (QED) is 0.575. The molecule has 0 saturated heterocycles. The molecule has 0 aliphatic carbocycles. The van der Waals surface area contributed by atoms with Crippen LogP contribution in [0.4, 0.5) is 0 Å². The van der Waals surface area contributed by atoms with Gasteiger partial charge in [0, 0.05) is 26.1 Å². The molecule has 0 unspecified atom stereocenters. The van der Waals surface area contributed by atoms with Crippen molar-refractivity contribution in [3.63, 3.8) is 0 Å². The number of hydrogen-bond donors (Lipinski definition) is 1. The molecule has 1 amide bonds. The third kappa shape index (κ3) is 3.75. The van der Waals surface area contributed by atoms with Crippen LogP contribution < -0.4 is 5.32 Å². The van der Waals surface area contributed by atoms with Gasteiger partial charge in [0.1, 0.15) is 6.61 Å². The van der Waals surface area contributed by atoms with E-state index in [2.05, 4.69) is 16.4 Å². The minimum Gasteiger partial charge on any atom is -0.377 e. The second-order valence-electron chi connectivity index (χ2n) is 3.18. The lowest BCUT2D eigenvalue weighted by Gasteiger charge is -1.99. The standard InChI is InChI=1S/C11H14N2O3/c1-3-4-5-6-12-11(14)10-7-9(8-15-2)16-13-10/h1,7H,4-6,8H2,2H3,(H,12,14). The first kappa shape index (κ1) is 12.3. The highest BCUT2D eigenvalue weighted by Gasteiger charge is 2.11. The number of unbranched alkanes of at least 4 members (excludes halogenated alkanes) is 1. The van der Waals surface area contributed by atoms with Gasteiger partial charge in [0.25, 0.3) is 5.91 Å². The molecule has 0 atom stereocenters. The predicted molar refractivity (Wildman–Crippen MR) is 57.6 cm³/mol. The Balaban J connectivity index is 2.38. The number of aromatic nitrogens is 1. The smallest absolute Gasteiger partial charge is 0.273 e. The molecule has 1 aromatic heterocycles. The average Bonchev–Trinajstić information content (AvgIpc) is 2.73. The van der Waals surface area contributed by atoms with Gasteiger partial charge in [-0.1, -0.05) is 5.16 Å². The summed E-state index contributed by atoms with van der Waals surface area (Å²) in [4.78, 5) is 11.5. The molecular weight excluding hydrogens is 208 g/mol. The van der Waals surface area contributed by atoms with Gasteiger partial charge < -0.3 is 14.6 Å². The van der Waals surface area contributed by atoms with E-state index in [0.29, 0.717) is 25.3 Å². The van der Waals surface area contributed by atoms with E-state index in [0.717, 1.165) is 6.42 Å². The van der Waals surface area contributed by atoms with E-state index in [1.54, 1.807) is 13.2 Å². The first-order valence-electron chi connectivity index (χ1n) is 4.94. The highest BCUT2D eigenvalue weighted by Crippen LogP contribution is 2.04. The summed E-state index contributed by atoms with van der Waals surface area (Å²) < 4.78 is 9.73. The minimum atomic E-state index is -0.261. The molecule has 16 heavy (non-hydrogen) atoms. The monoisotopic (exact) mass is 222 g/mol. The molecule has 0 radical (unpaired) electrons. The number of ether oxygens (including phenoxy) is 1. The summed E-state index contributed by atoms with van der Waals surface area (Å²) in [5.41, 5.74) is 0.257. The van der Waals surface area contributed by atoms with Crippen LogP contribution in [0.5, 0.6) is 0 Å². The fourth-order valence-electron chi connectivity index (χ4n) is 1.11. The molecule has 1 N–H and O–H groups in total. The zero-order valence-corrected chi connectivity index (χ0v) is 9.16.